The van der Waals surface area contributed by atoms with Crippen molar-refractivity contribution in [1.82, 2.24) is 10.1 Å². The molecule has 0 aliphatic rings. The molecule has 0 bridgehead atoms. The molecule has 0 N–H and O–H groups in total. The Morgan fingerprint density at radius 2 is 2.42 bits per heavy atom. The van der Waals surface area contributed by atoms with Gasteiger partial charge in [0, 0.05) is 13.6 Å². The lowest BCUT2D eigenvalue weighted by Crippen LogP contribution is -2.17. The van der Waals surface area contributed by atoms with Gasteiger partial charge in [-0.25, -0.2) is 0 Å². The molecule has 0 aliphatic heterocycles. The minimum Gasteiger partial charge on any atom is -0.342 e. The number of anilines is 1. The second-order valence-corrected chi connectivity index (χ2v) is 2.34. The molecule has 0 saturated heterocycles. The molecular formula is C7H10N4O. The van der Waals surface area contributed by atoms with E-state index < -0.39 is 0 Å². The third-order valence-corrected chi connectivity index (χ3v) is 1.50. The maximum Gasteiger partial charge on any atom is 0.265 e. The molecule has 1 aromatic rings. The van der Waals surface area contributed by atoms with E-state index in [2.05, 4.69) is 10.1 Å². The molecule has 0 unspecified atom stereocenters. The molecule has 0 radical (unpaired) electrons. The molecule has 1 aromatic heterocycles. The first-order valence-electron chi connectivity index (χ1n) is 3.68. The summed E-state index contributed by atoms with van der Waals surface area (Å²) < 4.78 is 4.80. The average molecular weight is 166 g/mol. The third-order valence-electron chi connectivity index (χ3n) is 1.50. The monoisotopic (exact) mass is 166 g/mol. The van der Waals surface area contributed by atoms with Crippen LogP contribution in [0.5, 0.6) is 0 Å². The van der Waals surface area contributed by atoms with Crippen molar-refractivity contribution < 1.29 is 4.52 Å². The molecule has 5 heteroatoms. The summed E-state index contributed by atoms with van der Waals surface area (Å²) in [5.74, 6) is 0.899. The first-order chi connectivity index (χ1) is 5.77. The molecule has 0 atom stereocenters. The zero-order chi connectivity index (χ0) is 8.97. The van der Waals surface area contributed by atoms with Gasteiger partial charge in [0.15, 0.2) is 0 Å². The summed E-state index contributed by atoms with van der Waals surface area (Å²) >= 11 is 0. The third kappa shape index (κ3) is 1.72. The van der Waals surface area contributed by atoms with Crippen molar-refractivity contribution in [1.29, 1.82) is 5.26 Å². The zero-order valence-corrected chi connectivity index (χ0v) is 7.11. The molecule has 64 valence electrons. The summed E-state index contributed by atoms with van der Waals surface area (Å²) in [6.07, 6.45) is 0.171. The van der Waals surface area contributed by atoms with Gasteiger partial charge >= 0.3 is 0 Å². The average Bonchev–Trinajstić information content (AvgIpc) is 2.52. The number of nitriles is 1. The lowest BCUT2D eigenvalue weighted by molar-refractivity contribution is 0.386. The predicted molar refractivity (Wildman–Crippen MR) is 42.6 cm³/mol. The highest BCUT2D eigenvalue weighted by Gasteiger charge is 2.07. The Morgan fingerprint density at radius 1 is 1.67 bits per heavy atom. The lowest BCUT2D eigenvalue weighted by Gasteiger charge is -2.08. The van der Waals surface area contributed by atoms with Crippen molar-refractivity contribution in [3.63, 3.8) is 0 Å². The van der Waals surface area contributed by atoms with E-state index in [9.17, 15) is 0 Å². The van der Waals surface area contributed by atoms with E-state index in [-0.39, 0.29) is 6.42 Å². The van der Waals surface area contributed by atoms with Crippen LogP contribution in [0.15, 0.2) is 4.52 Å². The fourth-order valence-corrected chi connectivity index (χ4v) is 0.682. The van der Waals surface area contributed by atoms with Gasteiger partial charge in [0.05, 0.1) is 6.07 Å². The van der Waals surface area contributed by atoms with Crippen LogP contribution in [-0.4, -0.2) is 23.7 Å². The van der Waals surface area contributed by atoms with Crippen LogP contribution >= 0.6 is 0 Å². The molecule has 0 fully saturated rings. The van der Waals surface area contributed by atoms with Gasteiger partial charge < -0.3 is 9.42 Å². The van der Waals surface area contributed by atoms with Crippen LogP contribution < -0.4 is 4.90 Å². The minimum atomic E-state index is 0.171. The number of nitrogens with zero attached hydrogens (tertiary/aromatic N) is 4. The van der Waals surface area contributed by atoms with Crippen LogP contribution in [0, 0.1) is 11.3 Å². The van der Waals surface area contributed by atoms with Crippen molar-refractivity contribution in [2.75, 3.05) is 18.5 Å². The van der Waals surface area contributed by atoms with E-state index >= 15 is 0 Å². The Morgan fingerprint density at radius 3 is 3.00 bits per heavy atom. The second kappa shape index (κ2) is 3.72. The summed E-state index contributed by atoms with van der Waals surface area (Å²) in [7, 11) is 1.86. The van der Waals surface area contributed by atoms with Crippen LogP contribution in [0.4, 0.5) is 5.95 Å². The summed E-state index contributed by atoms with van der Waals surface area (Å²) in [5, 5.41) is 12.0. The van der Waals surface area contributed by atoms with Gasteiger partial charge in [-0.05, 0) is 12.1 Å². The fourth-order valence-electron chi connectivity index (χ4n) is 0.682. The molecule has 0 aliphatic carbocycles. The van der Waals surface area contributed by atoms with Gasteiger partial charge in [-0.15, -0.1) is 0 Å². The first kappa shape index (κ1) is 8.53. The van der Waals surface area contributed by atoms with E-state index in [1.165, 1.54) is 0 Å². The smallest absolute Gasteiger partial charge is 0.265 e. The second-order valence-electron chi connectivity index (χ2n) is 2.34. The molecule has 0 aromatic carbocycles. The van der Waals surface area contributed by atoms with Crippen LogP contribution in [0.25, 0.3) is 0 Å². The van der Waals surface area contributed by atoms with E-state index in [4.69, 9.17) is 9.78 Å². The van der Waals surface area contributed by atoms with Crippen LogP contribution in [0.1, 0.15) is 12.8 Å². The van der Waals surface area contributed by atoms with Gasteiger partial charge in [-0.1, -0.05) is 0 Å². The lowest BCUT2D eigenvalue weighted by atomic mass is 10.5. The van der Waals surface area contributed by atoms with E-state index in [0.717, 1.165) is 6.54 Å². The van der Waals surface area contributed by atoms with Crippen molar-refractivity contribution in [2.24, 2.45) is 0 Å². The highest BCUT2D eigenvalue weighted by Crippen LogP contribution is 2.06. The molecule has 5 nitrogen and oxygen atoms in total. The summed E-state index contributed by atoms with van der Waals surface area (Å²) in [5.41, 5.74) is 0. The summed E-state index contributed by atoms with van der Waals surface area (Å²) in [6, 6.07) is 1.94. The Labute approximate surface area is 70.6 Å². The van der Waals surface area contributed by atoms with Gasteiger partial charge in [-0.2, -0.15) is 10.2 Å². The summed E-state index contributed by atoms with van der Waals surface area (Å²) in [4.78, 5) is 5.83. The van der Waals surface area contributed by atoms with E-state index in [0.29, 0.717) is 11.8 Å². The van der Waals surface area contributed by atoms with Crippen LogP contribution in [-0.2, 0) is 6.42 Å². The van der Waals surface area contributed by atoms with Gasteiger partial charge in [0.25, 0.3) is 5.95 Å². The van der Waals surface area contributed by atoms with E-state index in [1.807, 2.05) is 24.9 Å². The Hall–Kier alpha value is -1.57. The molecule has 0 amide bonds. The van der Waals surface area contributed by atoms with Crippen molar-refractivity contribution in [3.8, 4) is 6.07 Å². The number of rotatable bonds is 3. The number of hydrogen-bond donors (Lipinski definition) is 0. The fraction of sp³-hybridized carbons (Fsp3) is 0.571. The topological polar surface area (TPSA) is 66.0 Å². The Bertz CT molecular complexity index is 288. The van der Waals surface area contributed by atoms with Gasteiger partial charge in [-0.3, -0.25) is 0 Å². The zero-order valence-electron chi connectivity index (χ0n) is 7.11. The normalized spacial score (nSPS) is 9.42. The Balaban J connectivity index is 2.71. The van der Waals surface area contributed by atoms with Crippen LogP contribution in [0.3, 0.4) is 0 Å². The maximum atomic E-state index is 8.33. The molecule has 0 saturated carbocycles. The highest BCUT2D eigenvalue weighted by atomic mass is 16.5. The molecule has 1 rings (SSSR count). The largest absolute Gasteiger partial charge is 0.342 e. The van der Waals surface area contributed by atoms with Crippen molar-refractivity contribution in [3.05, 3.63) is 5.89 Å². The predicted octanol–water partition coefficient (Wildman–Crippen LogP) is 0.592. The molecule has 12 heavy (non-hydrogen) atoms. The molecule has 0 spiro atoms. The number of hydrogen-bond acceptors (Lipinski definition) is 5. The molecular weight excluding hydrogens is 156 g/mol. The maximum absolute atomic E-state index is 8.33. The SMILES string of the molecule is CCN(C)c1noc(CC#N)n1. The molecule has 1 heterocycles. The van der Waals surface area contributed by atoms with Crippen LogP contribution in [0.2, 0.25) is 0 Å². The van der Waals surface area contributed by atoms with Gasteiger partial charge in [0.2, 0.25) is 5.89 Å². The van der Waals surface area contributed by atoms with E-state index in [1.54, 1.807) is 0 Å². The first-order valence-corrected chi connectivity index (χ1v) is 3.68. The number of aromatic nitrogens is 2. The quantitative estimate of drug-likeness (QED) is 0.657. The van der Waals surface area contributed by atoms with Gasteiger partial charge in [0.1, 0.15) is 6.42 Å². The van der Waals surface area contributed by atoms with Crippen molar-refractivity contribution >= 4 is 5.95 Å². The standard InChI is InChI=1S/C7H10N4O/c1-3-11(2)7-9-6(4-5-8)12-10-7/h3-4H2,1-2H3. The highest BCUT2D eigenvalue weighted by molar-refractivity contribution is 5.25. The Kier molecular flexibility index (Phi) is 2.64. The van der Waals surface area contributed by atoms with Crippen molar-refractivity contribution in [2.45, 2.75) is 13.3 Å². The summed E-state index contributed by atoms with van der Waals surface area (Å²) in [6.45, 7) is 2.80. The minimum absolute atomic E-state index is 0.171.